The highest BCUT2D eigenvalue weighted by atomic mass is 19.1. The maximum absolute atomic E-state index is 13.2. The monoisotopic (exact) mass is 467 g/mol. The third-order valence-corrected chi connectivity index (χ3v) is 7.75. The molecule has 0 bridgehead atoms. The zero-order valence-corrected chi connectivity index (χ0v) is 20.8. The van der Waals surface area contributed by atoms with Crippen molar-refractivity contribution in [2.24, 2.45) is 5.92 Å². The van der Waals surface area contributed by atoms with E-state index in [1.54, 1.807) is 12.1 Å². The Hall–Kier alpha value is -3.20. The molecule has 5 rings (SSSR count). The van der Waals surface area contributed by atoms with Gasteiger partial charge >= 0.3 is 0 Å². The van der Waals surface area contributed by atoms with Gasteiger partial charge in [0.1, 0.15) is 5.82 Å². The molecular weight excluding hydrogens is 433 g/mol. The fourth-order valence-electron chi connectivity index (χ4n) is 5.75. The Morgan fingerprint density at radius 2 is 1.77 bits per heavy atom. The van der Waals surface area contributed by atoms with Crippen LogP contribution < -0.4 is 0 Å². The van der Waals surface area contributed by atoms with E-state index < -0.39 is 0 Å². The van der Waals surface area contributed by atoms with Crippen molar-refractivity contribution in [3.63, 3.8) is 0 Å². The van der Waals surface area contributed by atoms with Gasteiger partial charge in [0.2, 0.25) is 0 Å². The lowest BCUT2D eigenvalue weighted by Crippen LogP contribution is -2.23. The molecule has 0 spiro atoms. The summed E-state index contributed by atoms with van der Waals surface area (Å²) < 4.78 is 15.6. The zero-order chi connectivity index (χ0) is 24.4. The lowest BCUT2D eigenvalue weighted by atomic mass is 9.68. The van der Waals surface area contributed by atoms with E-state index in [4.69, 9.17) is 0 Å². The van der Waals surface area contributed by atoms with Gasteiger partial charge in [-0.1, -0.05) is 37.6 Å². The fraction of sp³-hybridized carbons (Fsp3) is 0.344. The molecule has 180 valence electrons. The third kappa shape index (κ3) is 4.96. The second-order valence-corrected chi connectivity index (χ2v) is 10.2. The zero-order valence-electron chi connectivity index (χ0n) is 20.8. The van der Waals surface area contributed by atoms with Crippen molar-refractivity contribution in [3.8, 4) is 0 Å². The molecule has 0 amide bonds. The molecule has 0 radical (unpaired) electrons. The highest BCUT2D eigenvalue weighted by molar-refractivity contribution is 6.09. The van der Waals surface area contributed by atoms with Crippen LogP contribution in [-0.4, -0.2) is 10.4 Å². The molecule has 1 aromatic heterocycles. The Morgan fingerprint density at radius 3 is 2.54 bits per heavy atom. The first-order chi connectivity index (χ1) is 17.0. The number of hydrogen-bond acceptors (Lipinski definition) is 1. The lowest BCUT2D eigenvalue weighted by Gasteiger charge is -2.37. The standard InChI is InChI=1S/C32H34FNO/c1-3-6-25-21-26(32(35)24-10-13-28(33)14-11-24)12-15-30(25)27-19-23(20-27)8-5-17-34-18-16-29-22(2)7-4-9-31(29)34/h4,7,9-16,18,21,23,27H,3,5-6,8,17,19-20H2,1-2H3. The van der Waals surface area contributed by atoms with Gasteiger partial charge in [-0.2, -0.15) is 0 Å². The lowest BCUT2D eigenvalue weighted by molar-refractivity contribution is 0.103. The number of halogens is 1. The molecule has 1 aliphatic rings. The van der Waals surface area contributed by atoms with E-state index in [-0.39, 0.29) is 11.6 Å². The van der Waals surface area contributed by atoms with Crippen molar-refractivity contribution in [2.75, 3.05) is 0 Å². The number of fused-ring (bicyclic) bond motifs is 1. The molecule has 0 aliphatic heterocycles. The predicted molar refractivity (Wildman–Crippen MR) is 142 cm³/mol. The van der Waals surface area contributed by atoms with Crippen LogP contribution in [0.25, 0.3) is 10.9 Å². The highest BCUT2D eigenvalue weighted by Gasteiger charge is 2.31. The van der Waals surface area contributed by atoms with Crippen LogP contribution in [0.1, 0.15) is 77.6 Å². The molecule has 4 aromatic rings. The third-order valence-electron chi connectivity index (χ3n) is 7.75. The smallest absolute Gasteiger partial charge is 0.193 e. The number of carbonyl (C=O) groups excluding carboxylic acids is 1. The summed E-state index contributed by atoms with van der Waals surface area (Å²) in [6, 6.07) is 20.9. The number of aromatic nitrogens is 1. The number of carbonyl (C=O) groups is 1. The first-order valence-electron chi connectivity index (χ1n) is 13.0. The summed E-state index contributed by atoms with van der Waals surface area (Å²) in [5.74, 6) is 1.04. The normalized spacial score (nSPS) is 17.5. The summed E-state index contributed by atoms with van der Waals surface area (Å²) in [5.41, 5.74) is 6.65. The molecule has 1 heterocycles. The van der Waals surface area contributed by atoms with Crippen molar-refractivity contribution < 1.29 is 9.18 Å². The van der Waals surface area contributed by atoms with E-state index in [1.807, 2.05) is 6.07 Å². The number of rotatable bonds is 9. The predicted octanol–water partition coefficient (Wildman–Crippen LogP) is 8.25. The number of hydrogen-bond donors (Lipinski definition) is 0. The molecule has 3 aromatic carbocycles. The summed E-state index contributed by atoms with van der Waals surface area (Å²) in [6.45, 7) is 5.45. The minimum Gasteiger partial charge on any atom is -0.347 e. The van der Waals surface area contributed by atoms with Crippen LogP contribution in [0.2, 0.25) is 0 Å². The van der Waals surface area contributed by atoms with Crippen molar-refractivity contribution >= 4 is 16.7 Å². The van der Waals surface area contributed by atoms with Crippen LogP contribution in [0.4, 0.5) is 4.39 Å². The van der Waals surface area contributed by atoms with Gasteiger partial charge < -0.3 is 4.57 Å². The van der Waals surface area contributed by atoms with E-state index in [0.717, 1.165) is 25.3 Å². The van der Waals surface area contributed by atoms with E-state index in [2.05, 4.69) is 61.0 Å². The number of benzene rings is 3. The summed E-state index contributed by atoms with van der Waals surface area (Å²) in [5, 5.41) is 1.36. The van der Waals surface area contributed by atoms with E-state index in [9.17, 15) is 9.18 Å². The molecule has 2 nitrogen and oxygen atoms in total. The Kier molecular flexibility index (Phi) is 6.86. The largest absolute Gasteiger partial charge is 0.347 e. The molecule has 0 atom stereocenters. The van der Waals surface area contributed by atoms with Crippen LogP contribution in [0.5, 0.6) is 0 Å². The summed E-state index contributed by atoms with van der Waals surface area (Å²) >= 11 is 0. The average Bonchev–Trinajstić information content (AvgIpc) is 3.25. The van der Waals surface area contributed by atoms with Crippen molar-refractivity contribution in [3.05, 3.63) is 107 Å². The van der Waals surface area contributed by atoms with Crippen LogP contribution >= 0.6 is 0 Å². The minimum absolute atomic E-state index is 0.0341. The molecular formula is C32H34FNO. The van der Waals surface area contributed by atoms with E-state index in [0.29, 0.717) is 17.0 Å². The molecule has 35 heavy (non-hydrogen) atoms. The first-order valence-corrected chi connectivity index (χ1v) is 13.0. The Bertz CT molecular complexity index is 1330. The Morgan fingerprint density at radius 1 is 1.00 bits per heavy atom. The van der Waals surface area contributed by atoms with Crippen molar-refractivity contribution in [1.29, 1.82) is 0 Å². The average molecular weight is 468 g/mol. The Balaban J connectivity index is 1.19. The number of aryl methyl sites for hydroxylation is 3. The molecule has 3 heteroatoms. The summed E-state index contributed by atoms with van der Waals surface area (Å²) in [6.07, 6.45) is 9.24. The van der Waals surface area contributed by atoms with Gasteiger partial charge in [0.25, 0.3) is 0 Å². The van der Waals surface area contributed by atoms with Crippen LogP contribution in [0.15, 0.2) is 72.9 Å². The molecule has 1 saturated carbocycles. The van der Waals surface area contributed by atoms with Gasteiger partial charge in [-0.3, -0.25) is 4.79 Å². The maximum atomic E-state index is 13.2. The number of nitrogens with zero attached hydrogens (tertiary/aromatic N) is 1. The second kappa shape index (κ2) is 10.2. The minimum atomic E-state index is -0.320. The second-order valence-electron chi connectivity index (χ2n) is 10.2. The van der Waals surface area contributed by atoms with Gasteiger partial charge in [-0.05, 0) is 110 Å². The molecule has 0 unspecified atom stereocenters. The molecule has 1 fully saturated rings. The summed E-state index contributed by atoms with van der Waals surface area (Å²) in [4.78, 5) is 12.9. The molecule has 0 saturated heterocycles. The van der Waals surface area contributed by atoms with Crippen LogP contribution in [0.3, 0.4) is 0 Å². The highest BCUT2D eigenvalue weighted by Crippen LogP contribution is 2.45. The van der Waals surface area contributed by atoms with Crippen LogP contribution in [-0.2, 0) is 13.0 Å². The fourth-order valence-corrected chi connectivity index (χ4v) is 5.75. The van der Waals surface area contributed by atoms with Gasteiger partial charge in [0.15, 0.2) is 5.78 Å². The molecule has 0 N–H and O–H groups in total. The van der Waals surface area contributed by atoms with Crippen LogP contribution in [0, 0.1) is 18.7 Å². The van der Waals surface area contributed by atoms with Gasteiger partial charge in [-0.25, -0.2) is 4.39 Å². The molecule has 1 aliphatic carbocycles. The topological polar surface area (TPSA) is 22.0 Å². The Labute approximate surface area is 207 Å². The maximum Gasteiger partial charge on any atom is 0.193 e. The SMILES string of the molecule is CCCc1cc(C(=O)c2ccc(F)cc2)ccc1C1CC(CCCn2ccc3c(C)cccc32)C1. The van der Waals surface area contributed by atoms with Gasteiger partial charge in [0, 0.05) is 34.8 Å². The van der Waals surface area contributed by atoms with E-state index in [1.165, 1.54) is 65.4 Å². The van der Waals surface area contributed by atoms with Gasteiger partial charge in [0.05, 0.1) is 0 Å². The van der Waals surface area contributed by atoms with Crippen molar-refractivity contribution in [1.82, 2.24) is 4.57 Å². The first kappa shape index (κ1) is 23.5. The number of ketones is 1. The van der Waals surface area contributed by atoms with Gasteiger partial charge in [-0.15, -0.1) is 0 Å². The van der Waals surface area contributed by atoms with Crippen molar-refractivity contribution in [2.45, 2.75) is 64.8 Å². The van der Waals surface area contributed by atoms with E-state index >= 15 is 0 Å². The summed E-state index contributed by atoms with van der Waals surface area (Å²) in [7, 11) is 0. The quantitative estimate of drug-likeness (QED) is 0.227.